The van der Waals surface area contributed by atoms with Crippen molar-refractivity contribution < 1.29 is 14.0 Å². The van der Waals surface area contributed by atoms with Crippen LogP contribution in [0.15, 0.2) is 64.5 Å². The van der Waals surface area contributed by atoms with Crippen LogP contribution in [0.4, 0.5) is 11.4 Å². The van der Waals surface area contributed by atoms with Crippen molar-refractivity contribution in [2.24, 2.45) is 0 Å². The van der Waals surface area contributed by atoms with E-state index in [0.717, 1.165) is 40.8 Å². The Bertz CT molecular complexity index is 1490. The molecule has 1 unspecified atom stereocenters. The summed E-state index contributed by atoms with van der Waals surface area (Å²) in [6.45, 7) is 10.8. The minimum atomic E-state index is -0.749. The number of benzene rings is 2. The van der Waals surface area contributed by atoms with Gasteiger partial charge in [0.25, 0.3) is 0 Å². The summed E-state index contributed by atoms with van der Waals surface area (Å²) in [5, 5.41) is 16.8. The Balaban J connectivity index is 1.44. The van der Waals surface area contributed by atoms with E-state index in [1.165, 1.54) is 0 Å². The van der Waals surface area contributed by atoms with Gasteiger partial charge < -0.3 is 24.9 Å². The molecule has 3 heterocycles. The van der Waals surface area contributed by atoms with Gasteiger partial charge in [-0.05, 0) is 68.5 Å². The van der Waals surface area contributed by atoms with E-state index in [9.17, 15) is 14.9 Å². The van der Waals surface area contributed by atoms with Gasteiger partial charge in [-0.25, -0.2) is 10.1 Å². The molecule has 0 radical (unpaired) electrons. The van der Waals surface area contributed by atoms with Crippen LogP contribution in [0.25, 0.3) is 15.8 Å². The second-order valence-corrected chi connectivity index (χ2v) is 9.56. The zero-order chi connectivity index (χ0) is 26.6. The van der Waals surface area contributed by atoms with Crippen molar-refractivity contribution in [2.45, 2.75) is 38.6 Å². The first-order chi connectivity index (χ1) is 18.5. The number of allylic oxidation sites excluding steroid dienone is 1. The fraction of sp³-hybridized carbons (Fsp3) is 0.310. The Morgan fingerprint density at radius 1 is 1.21 bits per heavy atom. The molecule has 0 spiro atoms. The Morgan fingerprint density at radius 3 is 2.76 bits per heavy atom. The highest BCUT2D eigenvalue weighted by Crippen LogP contribution is 2.29. The number of nitrogens with zero attached hydrogens (tertiary/aromatic N) is 4. The number of amides is 2. The lowest BCUT2D eigenvalue weighted by atomic mass is 10.1. The minimum absolute atomic E-state index is 0.0507. The average molecular weight is 509 g/mol. The quantitative estimate of drug-likeness (QED) is 0.379. The van der Waals surface area contributed by atoms with E-state index in [1.807, 2.05) is 55.5 Å². The van der Waals surface area contributed by atoms with E-state index in [1.54, 1.807) is 15.9 Å². The summed E-state index contributed by atoms with van der Waals surface area (Å²) < 4.78 is 5.64. The number of hydrogen-bond donors (Lipinski definition) is 2. The molecule has 5 rings (SSSR count). The molecule has 1 atom stereocenters. The predicted molar refractivity (Wildman–Crippen MR) is 144 cm³/mol. The van der Waals surface area contributed by atoms with E-state index in [-0.39, 0.29) is 29.9 Å². The fourth-order valence-electron chi connectivity index (χ4n) is 5.09. The summed E-state index contributed by atoms with van der Waals surface area (Å²) >= 11 is 0. The standard InChI is InChI=1S/C29H28N6O3/c1-19-15-21-16-22(10-12-26(21)38-19)32-28(24(17-30)31-2)33-23-11-9-20-7-3-4-8-25(20)35(29(23)37)18-27(36)34-13-5-6-14-34/h3-4,7-8,10,12,15-16,23,32-33H,5-6,9,11,13-14,18H2,1H3/b28-24+. The van der Waals surface area contributed by atoms with Gasteiger partial charge in [-0.2, -0.15) is 0 Å². The summed E-state index contributed by atoms with van der Waals surface area (Å²) in [5.74, 6) is 0.571. The summed E-state index contributed by atoms with van der Waals surface area (Å²) in [7, 11) is 0. The average Bonchev–Trinajstić information content (AvgIpc) is 3.56. The number of carbonyl (C=O) groups is 2. The zero-order valence-electron chi connectivity index (χ0n) is 21.2. The van der Waals surface area contributed by atoms with Crippen molar-refractivity contribution in [3.63, 3.8) is 0 Å². The number of anilines is 2. The summed E-state index contributed by atoms with van der Waals surface area (Å²) in [4.78, 5) is 33.7. The van der Waals surface area contributed by atoms with Gasteiger partial charge in [-0.3, -0.25) is 9.59 Å². The molecule has 2 N–H and O–H groups in total. The van der Waals surface area contributed by atoms with Gasteiger partial charge in [0, 0.05) is 29.9 Å². The maximum atomic E-state index is 13.9. The fourth-order valence-corrected chi connectivity index (χ4v) is 5.09. The van der Waals surface area contributed by atoms with Gasteiger partial charge in [0.1, 0.15) is 29.8 Å². The number of nitrogens with one attached hydrogen (secondary N) is 2. The molecule has 9 nitrogen and oxygen atoms in total. The third-order valence-electron chi connectivity index (χ3n) is 6.98. The van der Waals surface area contributed by atoms with Crippen molar-refractivity contribution in [1.82, 2.24) is 10.2 Å². The van der Waals surface area contributed by atoms with Crippen LogP contribution >= 0.6 is 0 Å². The van der Waals surface area contributed by atoms with E-state index in [4.69, 9.17) is 11.0 Å². The Labute approximate surface area is 221 Å². The van der Waals surface area contributed by atoms with E-state index >= 15 is 0 Å². The first kappa shape index (κ1) is 24.9. The van der Waals surface area contributed by atoms with Crippen LogP contribution in [0.5, 0.6) is 0 Å². The molecule has 1 aromatic heterocycles. The smallest absolute Gasteiger partial charge is 0.300 e. The van der Waals surface area contributed by atoms with Gasteiger partial charge in [0.2, 0.25) is 11.8 Å². The molecule has 9 heteroatoms. The molecule has 1 fully saturated rings. The topological polar surface area (TPSA) is 106 Å². The molecule has 1 saturated heterocycles. The third-order valence-corrected chi connectivity index (χ3v) is 6.98. The Hall–Kier alpha value is -4.76. The van der Waals surface area contributed by atoms with Crippen molar-refractivity contribution in [2.75, 3.05) is 29.9 Å². The number of nitriles is 1. The number of fused-ring (bicyclic) bond motifs is 2. The van der Waals surface area contributed by atoms with Crippen LogP contribution in [0.2, 0.25) is 0 Å². The van der Waals surface area contributed by atoms with Crippen LogP contribution in [-0.2, 0) is 16.0 Å². The minimum Gasteiger partial charge on any atom is -0.461 e. The van der Waals surface area contributed by atoms with Gasteiger partial charge in [-0.15, -0.1) is 0 Å². The lowest BCUT2D eigenvalue weighted by Crippen LogP contribution is -2.50. The van der Waals surface area contributed by atoms with Crippen LogP contribution < -0.4 is 15.5 Å². The highest BCUT2D eigenvalue weighted by atomic mass is 16.3. The number of aryl methyl sites for hydroxylation is 2. The van der Waals surface area contributed by atoms with E-state index < -0.39 is 6.04 Å². The maximum Gasteiger partial charge on any atom is 0.300 e. The number of furan rings is 1. The largest absolute Gasteiger partial charge is 0.461 e. The molecule has 2 aliphatic heterocycles. The molecule has 192 valence electrons. The molecule has 0 bridgehead atoms. The van der Waals surface area contributed by atoms with Crippen LogP contribution in [0.1, 0.15) is 30.6 Å². The van der Waals surface area contributed by atoms with Gasteiger partial charge in [0.05, 0.1) is 12.6 Å². The zero-order valence-corrected chi connectivity index (χ0v) is 21.2. The first-order valence-corrected chi connectivity index (χ1v) is 12.7. The van der Waals surface area contributed by atoms with Crippen molar-refractivity contribution >= 4 is 34.2 Å². The normalized spacial score (nSPS) is 17.8. The lowest BCUT2D eigenvalue weighted by molar-refractivity contribution is -0.130. The second kappa shape index (κ2) is 10.7. The van der Waals surface area contributed by atoms with Crippen molar-refractivity contribution in [3.8, 4) is 6.07 Å². The van der Waals surface area contributed by atoms with Gasteiger partial charge in [0.15, 0.2) is 0 Å². The number of likely N-dealkylation sites (tertiary alicyclic amines) is 1. The Morgan fingerprint density at radius 2 is 2.00 bits per heavy atom. The van der Waals surface area contributed by atoms with E-state index in [2.05, 4.69) is 15.5 Å². The molecule has 2 amide bonds. The molecular weight excluding hydrogens is 480 g/mol. The molecule has 0 saturated carbocycles. The third kappa shape index (κ3) is 5.05. The first-order valence-electron chi connectivity index (χ1n) is 12.7. The van der Waals surface area contributed by atoms with Crippen LogP contribution in [0.3, 0.4) is 0 Å². The Kier molecular flexibility index (Phi) is 7.01. The molecular formula is C29H28N6O3. The highest BCUT2D eigenvalue weighted by Gasteiger charge is 2.33. The number of para-hydroxylation sites is 1. The number of carbonyl (C=O) groups excluding carboxylic acids is 2. The van der Waals surface area contributed by atoms with Crippen molar-refractivity contribution in [3.05, 3.63) is 82.8 Å². The molecule has 3 aromatic rings. The highest BCUT2D eigenvalue weighted by molar-refractivity contribution is 6.03. The summed E-state index contributed by atoms with van der Waals surface area (Å²) in [5.41, 5.74) is 2.88. The molecule has 38 heavy (non-hydrogen) atoms. The predicted octanol–water partition coefficient (Wildman–Crippen LogP) is 4.33. The van der Waals surface area contributed by atoms with E-state index in [0.29, 0.717) is 31.6 Å². The molecule has 2 aromatic carbocycles. The van der Waals surface area contributed by atoms with Crippen molar-refractivity contribution in [1.29, 1.82) is 5.26 Å². The van der Waals surface area contributed by atoms with Gasteiger partial charge in [-0.1, -0.05) is 18.2 Å². The van der Waals surface area contributed by atoms with Crippen LogP contribution in [0, 0.1) is 24.8 Å². The second-order valence-electron chi connectivity index (χ2n) is 9.56. The van der Waals surface area contributed by atoms with Gasteiger partial charge >= 0.3 is 5.70 Å². The SMILES string of the molecule is [C-]#[N+]/C(C#N)=C(\Nc1ccc2oc(C)cc2c1)NC1CCc2ccccc2N(CC(=O)N2CCCC2)C1=O. The maximum absolute atomic E-state index is 13.9. The number of hydrogen-bond acceptors (Lipinski definition) is 6. The monoisotopic (exact) mass is 508 g/mol. The molecule has 2 aliphatic rings. The molecule has 0 aliphatic carbocycles. The lowest BCUT2D eigenvalue weighted by Gasteiger charge is -2.28. The summed E-state index contributed by atoms with van der Waals surface area (Å²) in [6.07, 6.45) is 2.98. The van der Waals surface area contributed by atoms with Crippen LogP contribution in [-0.4, -0.2) is 42.4 Å². The number of rotatable bonds is 6. The summed E-state index contributed by atoms with van der Waals surface area (Å²) in [6, 6.07) is 16.2.